The van der Waals surface area contributed by atoms with Crippen LogP contribution in [-0.2, 0) is 9.47 Å². The van der Waals surface area contributed by atoms with E-state index >= 15 is 0 Å². The molecule has 1 aromatic heterocycles. The number of hydrogen-bond acceptors (Lipinski definition) is 6. The van der Waals surface area contributed by atoms with Crippen LogP contribution in [0.25, 0.3) is 0 Å². The van der Waals surface area contributed by atoms with Gasteiger partial charge in [0, 0.05) is 23.3 Å². The second kappa shape index (κ2) is 6.64. The van der Waals surface area contributed by atoms with Crippen molar-refractivity contribution in [2.45, 2.75) is 52.2 Å². The van der Waals surface area contributed by atoms with E-state index in [0.29, 0.717) is 18.2 Å². The maximum Gasteiger partial charge on any atom is 0.409 e. The van der Waals surface area contributed by atoms with E-state index in [1.165, 1.54) is 11.3 Å². The first-order valence-corrected chi connectivity index (χ1v) is 8.18. The minimum absolute atomic E-state index is 0.153. The fraction of sp³-hybridized carbons (Fsp3) is 0.667. The summed E-state index contributed by atoms with van der Waals surface area (Å²) in [7, 11) is 0. The molecule has 1 fully saturated rings. The van der Waals surface area contributed by atoms with Crippen LogP contribution in [0, 0.1) is 5.38 Å². The van der Waals surface area contributed by atoms with Crippen LogP contribution in [0.4, 0.5) is 4.79 Å². The van der Waals surface area contributed by atoms with Gasteiger partial charge in [0.25, 0.3) is 0 Å². The van der Waals surface area contributed by atoms with Gasteiger partial charge < -0.3 is 24.2 Å². The van der Waals surface area contributed by atoms with E-state index < -0.39 is 11.6 Å². The molecular weight excluding hydrogens is 304 g/mol. The predicted molar refractivity (Wildman–Crippen MR) is 81.8 cm³/mol. The molecule has 0 unspecified atom stereocenters. The molecule has 0 saturated carbocycles. The number of hydrogen-bond donors (Lipinski definition) is 0. The quantitative estimate of drug-likeness (QED) is 0.630. The molecule has 1 atom stereocenters. The molecule has 1 amide bonds. The maximum atomic E-state index is 12.3. The molecule has 6 nitrogen and oxygen atoms in total. The number of esters is 1. The van der Waals surface area contributed by atoms with Crippen LogP contribution in [0.2, 0.25) is 0 Å². The van der Waals surface area contributed by atoms with Crippen LogP contribution in [0.15, 0.2) is 0 Å². The number of nitrogens with zero attached hydrogens (tertiary/aromatic N) is 2. The van der Waals surface area contributed by atoms with E-state index in [2.05, 4.69) is 10.4 Å². The number of aromatic nitrogens is 1. The number of amides is 1. The van der Waals surface area contributed by atoms with Gasteiger partial charge in [-0.25, -0.2) is 4.79 Å². The molecule has 0 aromatic carbocycles. The van der Waals surface area contributed by atoms with Crippen molar-refractivity contribution in [3.05, 3.63) is 16.1 Å². The summed E-state index contributed by atoms with van der Waals surface area (Å²) in [5, 5.41) is 3.55. The van der Waals surface area contributed by atoms with Gasteiger partial charge in [-0.05, 0) is 40.5 Å². The van der Waals surface area contributed by atoms with Gasteiger partial charge in [0.15, 0.2) is 0 Å². The molecule has 2 rings (SSSR count). The highest BCUT2D eigenvalue weighted by atomic mass is 32.1. The molecule has 1 saturated heterocycles. The molecule has 0 aliphatic carbocycles. The normalized spacial score (nSPS) is 18.4. The summed E-state index contributed by atoms with van der Waals surface area (Å²) in [6.07, 6.45) is 1.35. The molecule has 0 spiro atoms. The Morgan fingerprint density at radius 2 is 2.18 bits per heavy atom. The summed E-state index contributed by atoms with van der Waals surface area (Å²) >= 11 is 1.25. The van der Waals surface area contributed by atoms with Crippen LogP contribution in [0.3, 0.4) is 0 Å². The molecule has 1 aromatic rings. The van der Waals surface area contributed by atoms with Crippen LogP contribution < -0.4 is 0 Å². The van der Waals surface area contributed by atoms with Crippen LogP contribution in [-0.4, -0.2) is 40.7 Å². The monoisotopic (exact) mass is 325 g/mol. The predicted octanol–water partition coefficient (Wildman–Crippen LogP) is 3.19. The van der Waals surface area contributed by atoms with Crippen molar-refractivity contribution in [2.75, 3.05) is 13.2 Å². The molecule has 0 radical (unpaired) electrons. The van der Waals surface area contributed by atoms with Crippen LogP contribution in [0.5, 0.6) is 0 Å². The van der Waals surface area contributed by atoms with Crippen molar-refractivity contribution >= 4 is 23.4 Å². The lowest BCUT2D eigenvalue weighted by molar-refractivity contribution is 0.0224. The van der Waals surface area contributed by atoms with Crippen molar-refractivity contribution in [2.24, 2.45) is 0 Å². The second-order valence-corrected chi connectivity index (χ2v) is 6.88. The SMILES string of the molecule is CCOC(=O)c1[c-]sc([C@@H]2CCCN2C(=O)OC(C)(C)C)n1. The number of thiazole rings is 1. The van der Waals surface area contributed by atoms with Crippen molar-refractivity contribution < 1.29 is 19.1 Å². The number of ether oxygens (including phenoxy) is 2. The largest absolute Gasteiger partial charge is 0.518 e. The zero-order valence-corrected chi connectivity index (χ0v) is 14.2. The summed E-state index contributed by atoms with van der Waals surface area (Å²) in [6, 6.07) is -0.153. The second-order valence-electron chi connectivity index (χ2n) is 6.06. The first-order valence-electron chi connectivity index (χ1n) is 7.37. The summed E-state index contributed by atoms with van der Waals surface area (Å²) < 4.78 is 10.3. The number of carbonyl (C=O) groups excluding carboxylic acids is 2. The van der Waals surface area contributed by atoms with Gasteiger partial charge >= 0.3 is 6.09 Å². The third-order valence-electron chi connectivity index (χ3n) is 3.11. The highest BCUT2D eigenvalue weighted by molar-refractivity contribution is 7.09. The summed E-state index contributed by atoms with van der Waals surface area (Å²) in [5.74, 6) is -0.480. The highest BCUT2D eigenvalue weighted by Crippen LogP contribution is 2.34. The standard InChI is InChI=1S/C15H21N2O4S/c1-5-20-13(18)10-9-22-12(16-10)11-7-6-8-17(11)14(19)21-15(2,3)4/h11H,5-8H2,1-4H3/q-1/t11-/m0/s1. The van der Waals surface area contributed by atoms with Gasteiger partial charge in [0.1, 0.15) is 5.60 Å². The van der Waals surface area contributed by atoms with Crippen LogP contribution >= 0.6 is 11.3 Å². The van der Waals surface area contributed by atoms with E-state index in [-0.39, 0.29) is 17.8 Å². The zero-order chi connectivity index (χ0) is 16.3. The fourth-order valence-corrected chi connectivity index (χ4v) is 3.10. The van der Waals surface area contributed by atoms with Crippen LogP contribution in [0.1, 0.15) is 62.1 Å². The van der Waals surface area contributed by atoms with Gasteiger partial charge in [0.2, 0.25) is 5.97 Å². The van der Waals surface area contributed by atoms with Gasteiger partial charge in [-0.15, -0.1) is 0 Å². The number of carbonyl (C=O) groups is 2. The maximum absolute atomic E-state index is 12.3. The summed E-state index contributed by atoms with van der Waals surface area (Å²) in [4.78, 5) is 29.9. The molecule has 2 heterocycles. The van der Waals surface area contributed by atoms with E-state index in [1.807, 2.05) is 20.8 Å². The Morgan fingerprint density at radius 1 is 1.45 bits per heavy atom. The average Bonchev–Trinajstić information content (AvgIpc) is 3.06. The van der Waals surface area contributed by atoms with E-state index in [9.17, 15) is 9.59 Å². The Kier molecular flexibility index (Phi) is 5.05. The molecule has 1 aliphatic heterocycles. The van der Waals surface area contributed by atoms with Crippen molar-refractivity contribution in [3.63, 3.8) is 0 Å². The lowest BCUT2D eigenvalue weighted by Gasteiger charge is -2.29. The Hall–Kier alpha value is -1.63. The molecule has 7 heteroatoms. The van der Waals surface area contributed by atoms with E-state index in [4.69, 9.17) is 9.47 Å². The van der Waals surface area contributed by atoms with Gasteiger partial charge in [-0.1, -0.05) is 5.38 Å². The smallest absolute Gasteiger partial charge is 0.409 e. The molecule has 1 aliphatic rings. The zero-order valence-electron chi connectivity index (χ0n) is 13.3. The Bertz CT molecular complexity index is 550. The van der Waals surface area contributed by atoms with Crippen molar-refractivity contribution in [1.29, 1.82) is 0 Å². The highest BCUT2D eigenvalue weighted by Gasteiger charge is 2.32. The Balaban J connectivity index is 2.10. The van der Waals surface area contributed by atoms with Crippen molar-refractivity contribution in [3.8, 4) is 0 Å². The first kappa shape index (κ1) is 16.7. The number of likely N-dealkylation sites (tertiary alicyclic amines) is 1. The third kappa shape index (κ3) is 3.97. The third-order valence-corrected chi connectivity index (χ3v) is 3.98. The van der Waals surface area contributed by atoms with Crippen molar-refractivity contribution in [1.82, 2.24) is 9.88 Å². The lowest BCUT2D eigenvalue weighted by Crippen LogP contribution is -2.36. The van der Waals surface area contributed by atoms with E-state index in [1.54, 1.807) is 11.8 Å². The minimum atomic E-state index is -0.532. The van der Waals surface area contributed by atoms with Gasteiger partial charge in [-0.2, -0.15) is 0 Å². The molecule has 22 heavy (non-hydrogen) atoms. The number of rotatable bonds is 3. The summed E-state index contributed by atoms with van der Waals surface area (Å²) in [6.45, 7) is 8.19. The fourth-order valence-electron chi connectivity index (χ4n) is 2.25. The topological polar surface area (TPSA) is 68.7 Å². The molecule has 0 N–H and O–H groups in total. The first-order chi connectivity index (χ1) is 10.3. The lowest BCUT2D eigenvalue weighted by atomic mass is 10.2. The Labute approximate surface area is 134 Å². The Morgan fingerprint density at radius 3 is 2.82 bits per heavy atom. The van der Waals surface area contributed by atoms with E-state index in [0.717, 1.165) is 12.8 Å². The summed E-state index contributed by atoms with van der Waals surface area (Å²) in [5.41, 5.74) is -0.354. The minimum Gasteiger partial charge on any atom is -0.518 e. The molecule has 0 bridgehead atoms. The molecular formula is C15H21N2O4S-. The molecule has 122 valence electrons. The van der Waals surface area contributed by atoms with Gasteiger partial charge in [0.05, 0.1) is 6.61 Å². The average molecular weight is 325 g/mol. The van der Waals surface area contributed by atoms with Gasteiger partial charge in [-0.3, -0.25) is 11.3 Å².